The molecule has 4 nitrogen and oxygen atoms in total. The standard InChI is InChI=1S/C20H20N2O2/c23-15-17-8-4-9-18(14-17)21-20(24)19-10-5-12-22(19)13-11-16-6-2-1-3-7-16/h1-10,12,14,23H,11,13,15H2,(H,21,24). The summed E-state index contributed by atoms with van der Waals surface area (Å²) in [4.78, 5) is 12.5. The zero-order valence-electron chi connectivity index (χ0n) is 13.4. The maximum Gasteiger partial charge on any atom is 0.272 e. The van der Waals surface area contributed by atoms with E-state index in [0.29, 0.717) is 11.4 Å². The molecule has 0 spiro atoms. The number of benzene rings is 2. The van der Waals surface area contributed by atoms with E-state index < -0.39 is 0 Å². The van der Waals surface area contributed by atoms with Gasteiger partial charge < -0.3 is 15.0 Å². The molecule has 2 N–H and O–H groups in total. The second kappa shape index (κ2) is 7.62. The summed E-state index contributed by atoms with van der Waals surface area (Å²) >= 11 is 0. The molecule has 1 amide bonds. The Bertz CT molecular complexity index is 809. The summed E-state index contributed by atoms with van der Waals surface area (Å²) < 4.78 is 1.96. The first-order valence-corrected chi connectivity index (χ1v) is 7.96. The van der Waals surface area contributed by atoms with E-state index in [0.717, 1.165) is 18.5 Å². The van der Waals surface area contributed by atoms with Crippen LogP contribution in [0, 0.1) is 0 Å². The molecular weight excluding hydrogens is 300 g/mol. The van der Waals surface area contributed by atoms with Crippen molar-refractivity contribution >= 4 is 11.6 Å². The Morgan fingerprint density at radius 3 is 2.54 bits per heavy atom. The lowest BCUT2D eigenvalue weighted by molar-refractivity contribution is 0.101. The summed E-state index contributed by atoms with van der Waals surface area (Å²) in [5.41, 5.74) is 3.32. The summed E-state index contributed by atoms with van der Waals surface area (Å²) in [6.45, 7) is 0.702. The Kier molecular flexibility index (Phi) is 5.08. The molecule has 0 aliphatic carbocycles. The van der Waals surface area contributed by atoms with Gasteiger partial charge in [0.2, 0.25) is 0 Å². The molecule has 0 aliphatic heterocycles. The van der Waals surface area contributed by atoms with Crippen LogP contribution in [-0.4, -0.2) is 15.6 Å². The fourth-order valence-corrected chi connectivity index (χ4v) is 2.65. The van der Waals surface area contributed by atoms with Crippen LogP contribution in [0.5, 0.6) is 0 Å². The number of hydrogen-bond donors (Lipinski definition) is 2. The molecule has 0 fully saturated rings. The van der Waals surface area contributed by atoms with Crippen LogP contribution in [0.3, 0.4) is 0 Å². The lowest BCUT2D eigenvalue weighted by atomic mass is 10.1. The molecule has 0 bridgehead atoms. The molecule has 1 aromatic heterocycles. The minimum Gasteiger partial charge on any atom is -0.392 e. The second-order valence-corrected chi connectivity index (χ2v) is 5.64. The van der Waals surface area contributed by atoms with Gasteiger partial charge in [-0.05, 0) is 41.8 Å². The van der Waals surface area contributed by atoms with Gasteiger partial charge >= 0.3 is 0 Å². The van der Waals surface area contributed by atoms with Gasteiger partial charge in [0.25, 0.3) is 5.91 Å². The number of carbonyl (C=O) groups is 1. The molecule has 0 unspecified atom stereocenters. The SMILES string of the molecule is O=C(Nc1cccc(CO)c1)c1cccn1CCc1ccccc1. The van der Waals surface area contributed by atoms with Gasteiger partial charge in [-0.15, -0.1) is 0 Å². The molecule has 3 rings (SSSR count). The highest BCUT2D eigenvalue weighted by Gasteiger charge is 2.11. The lowest BCUT2D eigenvalue weighted by Crippen LogP contribution is -2.17. The normalized spacial score (nSPS) is 10.5. The van der Waals surface area contributed by atoms with Gasteiger partial charge in [-0.2, -0.15) is 0 Å². The van der Waals surface area contributed by atoms with Gasteiger partial charge in [-0.3, -0.25) is 4.79 Å². The molecule has 122 valence electrons. The first kappa shape index (κ1) is 16.0. The molecule has 24 heavy (non-hydrogen) atoms. The van der Waals surface area contributed by atoms with Crippen molar-refractivity contribution in [3.8, 4) is 0 Å². The number of aliphatic hydroxyl groups excluding tert-OH is 1. The lowest BCUT2D eigenvalue weighted by Gasteiger charge is -2.10. The smallest absolute Gasteiger partial charge is 0.272 e. The van der Waals surface area contributed by atoms with Crippen molar-refractivity contribution in [2.24, 2.45) is 0 Å². The van der Waals surface area contributed by atoms with Crippen molar-refractivity contribution in [2.45, 2.75) is 19.6 Å². The Morgan fingerprint density at radius 1 is 0.958 bits per heavy atom. The van der Waals surface area contributed by atoms with E-state index in [-0.39, 0.29) is 12.5 Å². The third-order valence-corrected chi connectivity index (χ3v) is 3.91. The number of aromatic nitrogens is 1. The number of aliphatic hydroxyl groups is 1. The van der Waals surface area contributed by atoms with Crippen molar-refractivity contribution in [2.75, 3.05) is 5.32 Å². The van der Waals surface area contributed by atoms with Crippen molar-refractivity contribution in [3.63, 3.8) is 0 Å². The van der Waals surface area contributed by atoms with Crippen LogP contribution in [0.4, 0.5) is 5.69 Å². The molecular formula is C20H20N2O2. The maximum atomic E-state index is 12.5. The number of aryl methyl sites for hydroxylation is 2. The van der Waals surface area contributed by atoms with Crippen LogP contribution in [0.15, 0.2) is 72.9 Å². The summed E-state index contributed by atoms with van der Waals surface area (Å²) in [5, 5.41) is 12.1. The fourth-order valence-electron chi connectivity index (χ4n) is 2.65. The topological polar surface area (TPSA) is 54.3 Å². The van der Waals surface area contributed by atoms with Gasteiger partial charge in [0.05, 0.1) is 6.61 Å². The third kappa shape index (κ3) is 3.91. The predicted octanol–water partition coefficient (Wildman–Crippen LogP) is 3.48. The molecule has 0 atom stereocenters. The van der Waals surface area contributed by atoms with Gasteiger partial charge in [0, 0.05) is 18.4 Å². The molecule has 0 radical (unpaired) electrons. The maximum absolute atomic E-state index is 12.5. The van der Waals surface area contributed by atoms with E-state index in [4.69, 9.17) is 0 Å². The van der Waals surface area contributed by atoms with Crippen LogP contribution in [0.1, 0.15) is 21.6 Å². The zero-order valence-corrected chi connectivity index (χ0v) is 13.4. The summed E-state index contributed by atoms with van der Waals surface area (Å²) in [6.07, 6.45) is 2.79. The largest absolute Gasteiger partial charge is 0.392 e. The first-order chi connectivity index (χ1) is 11.8. The van der Waals surface area contributed by atoms with Crippen molar-refractivity contribution in [1.29, 1.82) is 0 Å². The van der Waals surface area contributed by atoms with Gasteiger partial charge in [-0.25, -0.2) is 0 Å². The molecule has 1 heterocycles. The van der Waals surface area contributed by atoms with Crippen molar-refractivity contribution < 1.29 is 9.90 Å². The van der Waals surface area contributed by atoms with Crippen LogP contribution >= 0.6 is 0 Å². The summed E-state index contributed by atoms with van der Waals surface area (Å²) in [7, 11) is 0. The van der Waals surface area contributed by atoms with Crippen LogP contribution in [-0.2, 0) is 19.6 Å². The second-order valence-electron chi connectivity index (χ2n) is 5.64. The number of amides is 1. The van der Waals surface area contributed by atoms with Gasteiger partial charge in [0.15, 0.2) is 0 Å². The minimum absolute atomic E-state index is 0.0445. The summed E-state index contributed by atoms with van der Waals surface area (Å²) in [5.74, 6) is -0.150. The highest BCUT2D eigenvalue weighted by molar-refractivity contribution is 6.03. The Morgan fingerprint density at radius 2 is 1.75 bits per heavy atom. The van der Waals surface area contributed by atoms with E-state index in [1.54, 1.807) is 6.07 Å². The fraction of sp³-hybridized carbons (Fsp3) is 0.150. The van der Waals surface area contributed by atoms with E-state index >= 15 is 0 Å². The number of nitrogens with zero attached hydrogens (tertiary/aromatic N) is 1. The Labute approximate surface area is 141 Å². The van der Waals surface area contributed by atoms with Crippen molar-refractivity contribution in [3.05, 3.63) is 89.7 Å². The van der Waals surface area contributed by atoms with Crippen LogP contribution < -0.4 is 5.32 Å². The Hall–Kier alpha value is -2.85. The Balaban J connectivity index is 1.68. The number of carbonyl (C=O) groups excluding carboxylic acids is 1. The van der Waals surface area contributed by atoms with Gasteiger partial charge in [0.1, 0.15) is 5.69 Å². The van der Waals surface area contributed by atoms with Gasteiger partial charge in [-0.1, -0.05) is 42.5 Å². The average molecular weight is 320 g/mol. The van der Waals surface area contributed by atoms with Crippen LogP contribution in [0.2, 0.25) is 0 Å². The molecule has 0 saturated carbocycles. The van der Waals surface area contributed by atoms with Crippen molar-refractivity contribution in [1.82, 2.24) is 4.57 Å². The number of anilines is 1. The molecule has 0 saturated heterocycles. The molecule has 2 aromatic carbocycles. The van der Waals surface area contributed by atoms with E-state index in [9.17, 15) is 9.90 Å². The van der Waals surface area contributed by atoms with Crippen LogP contribution in [0.25, 0.3) is 0 Å². The monoisotopic (exact) mass is 320 g/mol. The van der Waals surface area contributed by atoms with E-state index in [1.165, 1.54) is 5.56 Å². The third-order valence-electron chi connectivity index (χ3n) is 3.91. The predicted molar refractivity (Wildman–Crippen MR) is 94.9 cm³/mol. The van der Waals surface area contributed by atoms with E-state index in [2.05, 4.69) is 17.4 Å². The number of nitrogens with one attached hydrogen (secondary N) is 1. The molecule has 0 aliphatic rings. The highest BCUT2D eigenvalue weighted by atomic mass is 16.3. The van der Waals surface area contributed by atoms with E-state index in [1.807, 2.05) is 59.3 Å². The average Bonchev–Trinajstić information content (AvgIpc) is 3.10. The summed E-state index contributed by atoms with van der Waals surface area (Å²) in [6, 6.07) is 21.1. The highest BCUT2D eigenvalue weighted by Crippen LogP contribution is 2.13. The zero-order chi connectivity index (χ0) is 16.8. The minimum atomic E-state index is -0.150. The molecule has 4 heteroatoms. The quantitative estimate of drug-likeness (QED) is 0.730. The number of hydrogen-bond acceptors (Lipinski definition) is 2. The molecule has 3 aromatic rings. The first-order valence-electron chi connectivity index (χ1n) is 7.96. The number of rotatable bonds is 6.